The Labute approximate surface area is 89.9 Å². The van der Waals surface area contributed by atoms with Crippen LogP contribution < -0.4 is 5.73 Å². The average molecular weight is 213 g/mol. The van der Waals surface area contributed by atoms with Gasteiger partial charge in [-0.2, -0.15) is 0 Å². The summed E-state index contributed by atoms with van der Waals surface area (Å²) in [6.45, 7) is 7.58. The monoisotopic (exact) mass is 213 g/mol. The van der Waals surface area contributed by atoms with Crippen LogP contribution in [0.5, 0.6) is 0 Å². The third-order valence-corrected chi connectivity index (χ3v) is 3.36. The molecule has 0 saturated heterocycles. The maximum atomic E-state index is 5.58. The summed E-state index contributed by atoms with van der Waals surface area (Å²) >= 11 is 1.51. The van der Waals surface area contributed by atoms with Crippen molar-refractivity contribution in [1.29, 1.82) is 0 Å². The Balaban J connectivity index is 2.52. The molecule has 0 aliphatic carbocycles. The normalized spacial score (nSPS) is 13.9. The van der Waals surface area contributed by atoms with Gasteiger partial charge in [0.15, 0.2) is 5.13 Å². The van der Waals surface area contributed by atoms with Gasteiger partial charge in [-0.25, -0.2) is 4.98 Å². The van der Waals surface area contributed by atoms with Crippen molar-refractivity contribution in [3.8, 4) is 0 Å². The molecule has 3 nitrogen and oxygen atoms in total. The molecule has 0 bridgehead atoms. The summed E-state index contributed by atoms with van der Waals surface area (Å²) in [4.78, 5) is 6.55. The van der Waals surface area contributed by atoms with Crippen LogP contribution in [0.2, 0.25) is 0 Å². The maximum absolute atomic E-state index is 5.58. The van der Waals surface area contributed by atoms with E-state index in [0.717, 1.165) is 12.2 Å². The number of hydrogen-bond acceptors (Lipinski definition) is 4. The van der Waals surface area contributed by atoms with Gasteiger partial charge in [0.05, 0.1) is 5.69 Å². The van der Waals surface area contributed by atoms with Gasteiger partial charge < -0.3 is 5.73 Å². The van der Waals surface area contributed by atoms with E-state index >= 15 is 0 Å². The van der Waals surface area contributed by atoms with Crippen molar-refractivity contribution in [2.75, 3.05) is 12.8 Å². The molecular formula is C10H19N3S. The molecule has 0 saturated carbocycles. The zero-order valence-corrected chi connectivity index (χ0v) is 10.1. The summed E-state index contributed by atoms with van der Waals surface area (Å²) in [7, 11) is 2.13. The summed E-state index contributed by atoms with van der Waals surface area (Å²) < 4.78 is 0. The minimum atomic E-state index is 0.568. The van der Waals surface area contributed by atoms with Gasteiger partial charge in [0.1, 0.15) is 0 Å². The predicted octanol–water partition coefficient (Wildman–Crippen LogP) is 2.20. The second-order valence-electron chi connectivity index (χ2n) is 4.08. The zero-order valence-electron chi connectivity index (χ0n) is 9.32. The zero-order chi connectivity index (χ0) is 10.7. The van der Waals surface area contributed by atoms with Gasteiger partial charge in [-0.1, -0.05) is 13.8 Å². The van der Waals surface area contributed by atoms with Gasteiger partial charge in [0, 0.05) is 18.0 Å². The SMILES string of the molecule is CC(C)C(C)N(C)Cc1csc(N)n1. The summed E-state index contributed by atoms with van der Waals surface area (Å²) in [5.41, 5.74) is 6.65. The molecule has 0 aliphatic rings. The van der Waals surface area contributed by atoms with Crippen molar-refractivity contribution in [2.45, 2.75) is 33.4 Å². The molecule has 0 aromatic carbocycles. The van der Waals surface area contributed by atoms with E-state index in [1.54, 1.807) is 0 Å². The molecule has 1 heterocycles. The Morgan fingerprint density at radius 1 is 1.50 bits per heavy atom. The highest BCUT2D eigenvalue weighted by molar-refractivity contribution is 7.13. The highest BCUT2D eigenvalue weighted by atomic mass is 32.1. The molecule has 0 radical (unpaired) electrons. The van der Waals surface area contributed by atoms with Gasteiger partial charge in [-0.3, -0.25) is 4.90 Å². The Morgan fingerprint density at radius 2 is 2.14 bits per heavy atom. The van der Waals surface area contributed by atoms with Gasteiger partial charge in [0.2, 0.25) is 0 Å². The molecule has 0 aliphatic heterocycles. The molecule has 0 fully saturated rings. The van der Waals surface area contributed by atoms with E-state index in [2.05, 4.69) is 37.7 Å². The minimum absolute atomic E-state index is 0.568. The number of thiazole rings is 1. The number of aromatic nitrogens is 1. The molecule has 0 spiro atoms. The van der Waals surface area contributed by atoms with Crippen LogP contribution in [-0.2, 0) is 6.54 Å². The summed E-state index contributed by atoms with van der Waals surface area (Å²) in [5.74, 6) is 0.663. The fourth-order valence-corrected chi connectivity index (χ4v) is 1.86. The molecule has 14 heavy (non-hydrogen) atoms. The van der Waals surface area contributed by atoms with E-state index in [4.69, 9.17) is 5.73 Å². The third kappa shape index (κ3) is 2.96. The lowest BCUT2D eigenvalue weighted by molar-refractivity contribution is 0.199. The van der Waals surface area contributed by atoms with Crippen molar-refractivity contribution in [1.82, 2.24) is 9.88 Å². The van der Waals surface area contributed by atoms with Gasteiger partial charge in [-0.05, 0) is 19.9 Å². The van der Waals surface area contributed by atoms with Gasteiger partial charge >= 0.3 is 0 Å². The number of nitrogens with two attached hydrogens (primary N) is 1. The Hall–Kier alpha value is -0.610. The van der Waals surface area contributed by atoms with Crippen LogP contribution in [0.25, 0.3) is 0 Å². The molecule has 2 N–H and O–H groups in total. The first-order chi connectivity index (χ1) is 6.50. The molecule has 1 rings (SSSR count). The fraction of sp³-hybridized carbons (Fsp3) is 0.700. The van der Waals surface area contributed by atoms with Crippen molar-refractivity contribution in [3.63, 3.8) is 0 Å². The minimum Gasteiger partial charge on any atom is -0.375 e. The summed E-state index contributed by atoms with van der Waals surface area (Å²) in [6.07, 6.45) is 0. The Bertz CT molecular complexity index is 283. The Kier molecular flexibility index (Phi) is 3.89. The first kappa shape index (κ1) is 11.5. The van der Waals surface area contributed by atoms with Crippen LogP contribution >= 0.6 is 11.3 Å². The number of anilines is 1. The smallest absolute Gasteiger partial charge is 0.180 e. The van der Waals surface area contributed by atoms with Crippen molar-refractivity contribution >= 4 is 16.5 Å². The topological polar surface area (TPSA) is 42.1 Å². The maximum Gasteiger partial charge on any atom is 0.180 e. The third-order valence-electron chi connectivity index (χ3n) is 2.64. The molecule has 1 unspecified atom stereocenters. The van der Waals surface area contributed by atoms with E-state index < -0.39 is 0 Å². The largest absolute Gasteiger partial charge is 0.375 e. The lowest BCUT2D eigenvalue weighted by Gasteiger charge is -2.26. The number of nitrogen functional groups attached to an aromatic ring is 1. The molecule has 1 atom stereocenters. The van der Waals surface area contributed by atoms with Gasteiger partial charge in [0.25, 0.3) is 0 Å². The number of rotatable bonds is 4. The van der Waals surface area contributed by atoms with E-state index in [1.807, 2.05) is 5.38 Å². The van der Waals surface area contributed by atoms with Crippen LogP contribution in [0.4, 0.5) is 5.13 Å². The number of hydrogen-bond donors (Lipinski definition) is 1. The standard InChI is InChI=1S/C10H19N3S/c1-7(2)8(3)13(4)5-9-6-14-10(11)12-9/h6-8H,5H2,1-4H3,(H2,11,12). The van der Waals surface area contributed by atoms with Crippen molar-refractivity contribution in [3.05, 3.63) is 11.1 Å². The van der Waals surface area contributed by atoms with Crippen LogP contribution in [0, 0.1) is 5.92 Å². The first-order valence-corrected chi connectivity index (χ1v) is 5.78. The van der Waals surface area contributed by atoms with E-state index in [1.165, 1.54) is 11.3 Å². The highest BCUT2D eigenvalue weighted by Gasteiger charge is 2.14. The molecule has 4 heteroatoms. The highest BCUT2D eigenvalue weighted by Crippen LogP contribution is 2.15. The lowest BCUT2D eigenvalue weighted by atomic mass is 10.1. The van der Waals surface area contributed by atoms with Gasteiger partial charge in [-0.15, -0.1) is 11.3 Å². The average Bonchev–Trinajstić information content (AvgIpc) is 2.49. The second-order valence-corrected chi connectivity index (χ2v) is 4.97. The van der Waals surface area contributed by atoms with Crippen LogP contribution in [0.15, 0.2) is 5.38 Å². The van der Waals surface area contributed by atoms with Crippen LogP contribution in [-0.4, -0.2) is 23.0 Å². The Morgan fingerprint density at radius 3 is 2.57 bits per heavy atom. The summed E-state index contributed by atoms with van der Waals surface area (Å²) in [5, 5.41) is 2.68. The van der Waals surface area contributed by atoms with E-state index in [0.29, 0.717) is 17.1 Å². The molecule has 80 valence electrons. The predicted molar refractivity (Wildman–Crippen MR) is 62.3 cm³/mol. The second kappa shape index (κ2) is 4.75. The van der Waals surface area contributed by atoms with Crippen molar-refractivity contribution in [2.24, 2.45) is 5.92 Å². The fourth-order valence-electron chi connectivity index (χ4n) is 1.30. The van der Waals surface area contributed by atoms with E-state index in [9.17, 15) is 0 Å². The lowest BCUT2D eigenvalue weighted by Crippen LogP contribution is -2.32. The molecular weight excluding hydrogens is 194 g/mol. The first-order valence-electron chi connectivity index (χ1n) is 4.90. The molecule has 1 aromatic rings. The van der Waals surface area contributed by atoms with Crippen molar-refractivity contribution < 1.29 is 0 Å². The van der Waals surface area contributed by atoms with Crippen LogP contribution in [0.3, 0.4) is 0 Å². The quantitative estimate of drug-likeness (QED) is 0.833. The van der Waals surface area contributed by atoms with Crippen LogP contribution in [0.1, 0.15) is 26.5 Å². The number of nitrogens with zero attached hydrogens (tertiary/aromatic N) is 2. The van der Waals surface area contributed by atoms with E-state index in [-0.39, 0.29) is 0 Å². The molecule has 1 aromatic heterocycles. The molecule has 0 amide bonds. The summed E-state index contributed by atoms with van der Waals surface area (Å²) in [6, 6.07) is 0.568.